The van der Waals surface area contributed by atoms with Gasteiger partial charge in [-0.05, 0) is 68.3 Å². The molecule has 1 fully saturated rings. The van der Waals surface area contributed by atoms with Crippen molar-refractivity contribution in [2.75, 3.05) is 50.0 Å². The van der Waals surface area contributed by atoms with E-state index in [9.17, 15) is 0 Å². The molecule has 146 valence electrons. The van der Waals surface area contributed by atoms with Gasteiger partial charge >= 0.3 is 0 Å². The van der Waals surface area contributed by atoms with Gasteiger partial charge in [-0.1, -0.05) is 27.7 Å². The van der Waals surface area contributed by atoms with Crippen LogP contribution in [-0.2, 0) is 4.74 Å². The first-order valence-electron chi connectivity index (χ1n) is 9.88. The molecule has 1 nitrogen and oxygen atoms in total. The van der Waals surface area contributed by atoms with Crippen molar-refractivity contribution in [2.24, 2.45) is 11.8 Å². The van der Waals surface area contributed by atoms with Crippen molar-refractivity contribution in [1.82, 2.24) is 0 Å². The highest BCUT2D eigenvalue weighted by Crippen LogP contribution is 2.59. The van der Waals surface area contributed by atoms with Crippen molar-refractivity contribution in [3.05, 3.63) is 0 Å². The molecular formula is C20H42BOP3. The lowest BCUT2D eigenvalue weighted by Gasteiger charge is -2.32. The summed E-state index contributed by atoms with van der Waals surface area (Å²) in [4.78, 5) is 0. The van der Waals surface area contributed by atoms with Crippen LogP contribution in [0, 0.1) is 11.8 Å². The zero-order valence-electron chi connectivity index (χ0n) is 17.7. The Labute approximate surface area is 160 Å². The molecule has 0 spiro atoms. The molecule has 1 aliphatic heterocycles. The summed E-state index contributed by atoms with van der Waals surface area (Å²) in [5.74, 6) is 2.31. The maximum atomic E-state index is 6.27. The predicted octanol–water partition coefficient (Wildman–Crippen LogP) is 5.15. The van der Waals surface area contributed by atoms with Crippen LogP contribution < -0.4 is 0 Å². The van der Waals surface area contributed by atoms with Crippen LogP contribution in [0.3, 0.4) is 0 Å². The molecule has 1 saturated heterocycles. The number of rotatable bonds is 10. The van der Waals surface area contributed by atoms with Crippen LogP contribution >= 0.6 is 20.7 Å². The molecule has 0 N–H and O–H groups in total. The molecule has 0 bridgehead atoms. The van der Waals surface area contributed by atoms with E-state index >= 15 is 0 Å². The number of hydrogen-bond donors (Lipinski definition) is 0. The van der Waals surface area contributed by atoms with Crippen molar-refractivity contribution in [3.63, 3.8) is 0 Å². The average Bonchev–Trinajstić information content (AvgIpc) is 2.80. The van der Waals surface area contributed by atoms with Gasteiger partial charge in [0.15, 0.2) is 0 Å². The van der Waals surface area contributed by atoms with Gasteiger partial charge in [-0.25, -0.2) is 0 Å². The lowest BCUT2D eigenvalue weighted by Crippen LogP contribution is -2.25. The SMILES string of the molecule is [B]C1OC(CCP(=C)(CC)CP(=C)(C)CC)C(CP(=C)(C)CC)C1C. The zero-order chi connectivity index (χ0) is 19.5. The topological polar surface area (TPSA) is 9.23 Å². The van der Waals surface area contributed by atoms with Crippen molar-refractivity contribution >= 4 is 47.4 Å². The van der Waals surface area contributed by atoms with Gasteiger partial charge in [-0.15, -0.1) is 39.6 Å². The fourth-order valence-electron chi connectivity index (χ4n) is 3.77. The average molecular weight is 402 g/mol. The Morgan fingerprint density at radius 3 is 2.00 bits per heavy atom. The van der Waals surface area contributed by atoms with Crippen molar-refractivity contribution in [1.29, 1.82) is 0 Å². The van der Waals surface area contributed by atoms with E-state index < -0.39 is 20.7 Å². The molecule has 25 heavy (non-hydrogen) atoms. The van der Waals surface area contributed by atoms with Gasteiger partial charge in [0.2, 0.25) is 0 Å². The summed E-state index contributed by atoms with van der Waals surface area (Å²) in [5, 5.41) is 0. The minimum Gasteiger partial charge on any atom is -0.384 e. The van der Waals surface area contributed by atoms with Crippen LogP contribution in [0.1, 0.15) is 34.1 Å². The summed E-state index contributed by atoms with van der Waals surface area (Å²) in [5.41, 5.74) is 0. The van der Waals surface area contributed by atoms with E-state index in [1.165, 1.54) is 36.7 Å². The van der Waals surface area contributed by atoms with Gasteiger partial charge in [-0.2, -0.15) is 0 Å². The maximum absolute atomic E-state index is 6.27. The van der Waals surface area contributed by atoms with Crippen LogP contribution in [0.25, 0.3) is 0 Å². The highest BCUT2D eigenvalue weighted by molar-refractivity contribution is 7.89. The first-order valence-corrected chi connectivity index (χ1v) is 18.0. The highest BCUT2D eigenvalue weighted by atomic mass is 31.2. The van der Waals surface area contributed by atoms with E-state index in [0.717, 1.165) is 6.42 Å². The molecule has 0 amide bonds. The smallest absolute Gasteiger partial charge is 0.109 e. The van der Waals surface area contributed by atoms with Crippen molar-refractivity contribution < 1.29 is 4.74 Å². The van der Waals surface area contributed by atoms with Gasteiger partial charge in [0.05, 0.1) is 6.10 Å². The van der Waals surface area contributed by atoms with E-state index in [0.29, 0.717) is 17.9 Å². The molecule has 0 saturated carbocycles. The molecule has 1 aliphatic rings. The molecule has 1 rings (SSSR count). The molecule has 0 aromatic carbocycles. The fraction of sp³-hybridized carbons (Fsp3) is 0.850. The lowest BCUT2D eigenvalue weighted by molar-refractivity contribution is 0.0708. The Morgan fingerprint density at radius 1 is 0.960 bits per heavy atom. The second-order valence-corrected chi connectivity index (χ2v) is 22.0. The lowest BCUT2D eigenvalue weighted by atomic mass is 9.81. The van der Waals surface area contributed by atoms with Crippen LogP contribution in [0.15, 0.2) is 0 Å². The van der Waals surface area contributed by atoms with Gasteiger partial charge in [0.25, 0.3) is 0 Å². The summed E-state index contributed by atoms with van der Waals surface area (Å²) >= 11 is 0. The third-order valence-electron chi connectivity index (χ3n) is 6.38. The van der Waals surface area contributed by atoms with Crippen molar-refractivity contribution in [2.45, 2.75) is 46.2 Å². The van der Waals surface area contributed by atoms with E-state index in [1.54, 1.807) is 0 Å². The normalized spacial score (nSPS) is 34.2. The van der Waals surface area contributed by atoms with Gasteiger partial charge in [0, 0.05) is 6.00 Å². The molecule has 0 aromatic heterocycles. The Bertz CT molecular complexity index is 571. The van der Waals surface area contributed by atoms with Crippen molar-refractivity contribution in [3.8, 4) is 0 Å². The quantitative estimate of drug-likeness (QED) is 0.363. The summed E-state index contributed by atoms with van der Waals surface area (Å²) in [6.07, 6.45) is 21.4. The highest BCUT2D eigenvalue weighted by Gasteiger charge is 2.40. The van der Waals surface area contributed by atoms with Crippen LogP contribution in [0.2, 0.25) is 0 Å². The standard InChI is InChI=1S/C20H42BOP3/c1-10-23(5,6)15-18-17(4)20(21)22-19(18)13-14-25(9,12-3)16-24(7,8)11-2/h17-20H,5,7,9-16H2,1-4,6,8H3. The Kier molecular flexibility index (Phi) is 9.03. The Hall–Kier alpha value is 0.925. The predicted molar refractivity (Wildman–Crippen MR) is 132 cm³/mol. The first-order chi connectivity index (χ1) is 11.4. The van der Waals surface area contributed by atoms with Gasteiger partial charge in [0.1, 0.15) is 7.85 Å². The molecule has 0 aromatic rings. The largest absolute Gasteiger partial charge is 0.384 e. The van der Waals surface area contributed by atoms with E-state index in [2.05, 4.69) is 53.6 Å². The molecule has 0 aliphatic carbocycles. The molecular weight excluding hydrogens is 360 g/mol. The fourth-order valence-corrected chi connectivity index (χ4v) is 14.7. The number of hydrogen-bond acceptors (Lipinski definition) is 1. The summed E-state index contributed by atoms with van der Waals surface area (Å²) in [6, 6.07) is -0.104. The van der Waals surface area contributed by atoms with E-state index in [4.69, 9.17) is 18.9 Å². The summed E-state index contributed by atoms with van der Waals surface area (Å²) < 4.78 is 6.22. The van der Waals surface area contributed by atoms with Crippen LogP contribution in [0.5, 0.6) is 0 Å². The molecule has 1 heterocycles. The third kappa shape index (κ3) is 7.11. The van der Waals surface area contributed by atoms with Crippen LogP contribution in [-0.4, -0.2) is 88.9 Å². The minimum absolute atomic E-state index is 0.104. The first kappa shape index (κ1) is 24.0. The monoisotopic (exact) mass is 402 g/mol. The summed E-state index contributed by atoms with van der Waals surface area (Å²) in [6.45, 7) is 10.7. The second-order valence-electron chi connectivity index (χ2n) is 9.03. The second kappa shape index (κ2) is 9.42. The zero-order valence-corrected chi connectivity index (χ0v) is 20.4. The van der Waals surface area contributed by atoms with Gasteiger partial charge < -0.3 is 4.74 Å². The van der Waals surface area contributed by atoms with E-state index in [-0.39, 0.29) is 6.00 Å². The van der Waals surface area contributed by atoms with Crippen LogP contribution in [0.4, 0.5) is 0 Å². The Balaban J connectivity index is 2.83. The molecule has 2 radical (unpaired) electrons. The Morgan fingerprint density at radius 2 is 1.52 bits per heavy atom. The molecule has 7 unspecified atom stereocenters. The maximum Gasteiger partial charge on any atom is 0.109 e. The van der Waals surface area contributed by atoms with E-state index in [1.807, 2.05) is 0 Å². The summed E-state index contributed by atoms with van der Waals surface area (Å²) in [7, 11) is 6.27. The molecule has 5 heteroatoms. The molecule has 7 atom stereocenters. The third-order valence-corrected chi connectivity index (χ3v) is 18.4. The number of ether oxygens (including phenoxy) is 1. The van der Waals surface area contributed by atoms with Gasteiger partial charge in [-0.3, -0.25) is 0 Å². The minimum atomic E-state index is -1.16.